The number of Topliss-reactive ketones (excluding diaryl/α,β-unsaturated/α-hetero) is 1. The van der Waals surface area contributed by atoms with E-state index in [-0.39, 0.29) is 6.04 Å². The lowest BCUT2D eigenvalue weighted by Gasteiger charge is -2.33. The van der Waals surface area contributed by atoms with Crippen molar-refractivity contribution in [3.8, 4) is 0 Å². The van der Waals surface area contributed by atoms with Crippen LogP contribution in [0.25, 0.3) is 0 Å². The fourth-order valence-corrected chi connectivity index (χ4v) is 2.47. The van der Waals surface area contributed by atoms with Gasteiger partial charge in [-0.1, -0.05) is 19.8 Å². The third-order valence-electron chi connectivity index (χ3n) is 3.21. The number of ketones is 1. The zero-order valence-electron chi connectivity index (χ0n) is 10.8. The summed E-state index contributed by atoms with van der Waals surface area (Å²) in [5.41, 5.74) is -0.720. The number of carbonyl (C=O) groups is 1. The molecule has 1 saturated carbocycles. The van der Waals surface area contributed by atoms with E-state index in [1.807, 2.05) is 0 Å². The Morgan fingerprint density at radius 3 is 2.62 bits per heavy atom. The maximum absolute atomic E-state index is 12.0. The van der Waals surface area contributed by atoms with Crippen molar-refractivity contribution in [1.29, 1.82) is 0 Å². The SMILES string of the molecule is CCN(CC(C)(C)O)C1CCCCCC1=O. The average molecular weight is 227 g/mol. The molecule has 0 bridgehead atoms. The van der Waals surface area contributed by atoms with E-state index in [1.54, 1.807) is 13.8 Å². The van der Waals surface area contributed by atoms with Gasteiger partial charge in [0.1, 0.15) is 5.78 Å². The predicted molar refractivity (Wildman–Crippen MR) is 65.4 cm³/mol. The fourth-order valence-electron chi connectivity index (χ4n) is 2.47. The summed E-state index contributed by atoms with van der Waals surface area (Å²) in [6.45, 7) is 7.08. The molecular weight excluding hydrogens is 202 g/mol. The van der Waals surface area contributed by atoms with Gasteiger partial charge in [0.2, 0.25) is 0 Å². The van der Waals surface area contributed by atoms with Crippen molar-refractivity contribution in [3.05, 3.63) is 0 Å². The number of nitrogens with zero attached hydrogens (tertiary/aromatic N) is 1. The fraction of sp³-hybridized carbons (Fsp3) is 0.923. The van der Waals surface area contributed by atoms with Crippen molar-refractivity contribution >= 4 is 5.78 Å². The van der Waals surface area contributed by atoms with Gasteiger partial charge in [0, 0.05) is 13.0 Å². The molecule has 0 saturated heterocycles. The van der Waals surface area contributed by atoms with Gasteiger partial charge in [-0.05, 0) is 33.2 Å². The zero-order chi connectivity index (χ0) is 12.2. The van der Waals surface area contributed by atoms with Gasteiger partial charge in [-0.2, -0.15) is 0 Å². The average Bonchev–Trinajstić information content (AvgIpc) is 2.38. The van der Waals surface area contributed by atoms with Crippen LogP contribution >= 0.6 is 0 Å². The van der Waals surface area contributed by atoms with E-state index in [0.717, 1.165) is 25.8 Å². The topological polar surface area (TPSA) is 40.5 Å². The number of hydrogen-bond donors (Lipinski definition) is 1. The summed E-state index contributed by atoms with van der Waals surface area (Å²) in [5.74, 6) is 0.364. The van der Waals surface area contributed by atoms with Gasteiger partial charge in [-0.25, -0.2) is 0 Å². The molecule has 1 aliphatic rings. The normalized spacial score (nSPS) is 23.6. The number of hydrogen-bond acceptors (Lipinski definition) is 3. The lowest BCUT2D eigenvalue weighted by molar-refractivity contribution is -0.125. The number of likely N-dealkylation sites (N-methyl/N-ethyl adjacent to an activating group) is 1. The summed E-state index contributed by atoms with van der Waals surface area (Å²) in [6, 6.07) is 0.0407. The smallest absolute Gasteiger partial charge is 0.149 e. The Kier molecular flexibility index (Phi) is 4.93. The second-order valence-corrected chi connectivity index (χ2v) is 5.46. The molecule has 1 fully saturated rings. The Labute approximate surface area is 98.8 Å². The van der Waals surface area contributed by atoms with Crippen LogP contribution in [0.15, 0.2) is 0 Å². The molecule has 1 unspecified atom stereocenters. The van der Waals surface area contributed by atoms with Crippen LogP contribution in [-0.4, -0.2) is 40.5 Å². The molecule has 1 atom stereocenters. The molecule has 0 aromatic carbocycles. The summed E-state index contributed by atoms with van der Waals surface area (Å²) in [5, 5.41) is 9.85. The Hall–Kier alpha value is -0.410. The highest BCUT2D eigenvalue weighted by Gasteiger charge is 2.29. The van der Waals surface area contributed by atoms with Crippen molar-refractivity contribution in [2.24, 2.45) is 0 Å². The molecule has 1 N–H and O–H groups in total. The van der Waals surface area contributed by atoms with Crippen LogP contribution < -0.4 is 0 Å². The number of aliphatic hydroxyl groups is 1. The molecule has 0 heterocycles. The minimum Gasteiger partial charge on any atom is -0.389 e. The van der Waals surface area contributed by atoms with Crippen LogP contribution in [-0.2, 0) is 4.79 Å². The van der Waals surface area contributed by atoms with Gasteiger partial charge in [0.05, 0.1) is 11.6 Å². The molecule has 0 radical (unpaired) electrons. The molecule has 0 aromatic rings. The first-order valence-corrected chi connectivity index (χ1v) is 6.43. The van der Waals surface area contributed by atoms with Crippen molar-refractivity contribution in [1.82, 2.24) is 4.90 Å². The Balaban J connectivity index is 2.65. The van der Waals surface area contributed by atoms with E-state index in [0.29, 0.717) is 18.7 Å². The van der Waals surface area contributed by atoms with Gasteiger partial charge >= 0.3 is 0 Å². The van der Waals surface area contributed by atoms with Crippen molar-refractivity contribution < 1.29 is 9.90 Å². The molecule has 94 valence electrons. The predicted octanol–water partition coefficient (Wildman–Crippen LogP) is 1.98. The van der Waals surface area contributed by atoms with Crippen LogP contribution in [0.5, 0.6) is 0 Å². The van der Waals surface area contributed by atoms with Crippen molar-refractivity contribution in [2.45, 2.75) is 64.5 Å². The number of rotatable bonds is 4. The van der Waals surface area contributed by atoms with Gasteiger partial charge < -0.3 is 5.11 Å². The summed E-state index contributed by atoms with van der Waals surface area (Å²) in [6.07, 6.45) is 5.02. The highest BCUT2D eigenvalue weighted by molar-refractivity contribution is 5.84. The second kappa shape index (κ2) is 5.78. The van der Waals surface area contributed by atoms with E-state index in [9.17, 15) is 9.90 Å². The largest absolute Gasteiger partial charge is 0.389 e. The van der Waals surface area contributed by atoms with Crippen LogP contribution in [0.2, 0.25) is 0 Å². The molecule has 0 aliphatic heterocycles. The molecule has 0 spiro atoms. The molecule has 3 heteroatoms. The van der Waals surface area contributed by atoms with Crippen LogP contribution in [0.1, 0.15) is 52.9 Å². The van der Waals surface area contributed by atoms with Crippen LogP contribution in [0.3, 0.4) is 0 Å². The highest BCUT2D eigenvalue weighted by Crippen LogP contribution is 2.20. The Morgan fingerprint density at radius 1 is 1.38 bits per heavy atom. The van der Waals surface area contributed by atoms with Crippen molar-refractivity contribution in [2.75, 3.05) is 13.1 Å². The molecular formula is C13H25NO2. The van der Waals surface area contributed by atoms with E-state index < -0.39 is 5.60 Å². The summed E-state index contributed by atoms with van der Waals surface area (Å²) in [4.78, 5) is 14.1. The molecule has 1 aliphatic carbocycles. The van der Waals surface area contributed by atoms with Gasteiger partial charge in [-0.3, -0.25) is 9.69 Å². The monoisotopic (exact) mass is 227 g/mol. The molecule has 1 rings (SSSR count). The van der Waals surface area contributed by atoms with E-state index in [2.05, 4.69) is 11.8 Å². The minimum absolute atomic E-state index is 0.0407. The standard InChI is InChI=1S/C13H25NO2/c1-4-14(10-13(2,3)16)11-8-6-5-7-9-12(11)15/h11,16H,4-10H2,1-3H3. The zero-order valence-corrected chi connectivity index (χ0v) is 10.8. The summed E-state index contributed by atoms with van der Waals surface area (Å²) in [7, 11) is 0. The van der Waals surface area contributed by atoms with Crippen molar-refractivity contribution in [3.63, 3.8) is 0 Å². The van der Waals surface area contributed by atoms with Gasteiger partial charge in [-0.15, -0.1) is 0 Å². The lowest BCUT2D eigenvalue weighted by Crippen LogP contribution is -2.47. The Bertz CT molecular complexity index is 233. The maximum Gasteiger partial charge on any atom is 0.149 e. The van der Waals surface area contributed by atoms with Gasteiger partial charge in [0.15, 0.2) is 0 Å². The molecule has 0 amide bonds. The first kappa shape index (κ1) is 13.7. The summed E-state index contributed by atoms with van der Waals surface area (Å²) >= 11 is 0. The minimum atomic E-state index is -0.720. The third kappa shape index (κ3) is 4.22. The second-order valence-electron chi connectivity index (χ2n) is 5.46. The van der Waals surface area contributed by atoms with Crippen LogP contribution in [0, 0.1) is 0 Å². The van der Waals surface area contributed by atoms with Gasteiger partial charge in [0.25, 0.3) is 0 Å². The first-order chi connectivity index (χ1) is 7.44. The van der Waals surface area contributed by atoms with E-state index in [1.165, 1.54) is 6.42 Å². The quantitative estimate of drug-likeness (QED) is 0.747. The lowest BCUT2D eigenvalue weighted by atomic mass is 10.0. The number of carbonyl (C=O) groups excluding carboxylic acids is 1. The third-order valence-corrected chi connectivity index (χ3v) is 3.21. The Morgan fingerprint density at radius 2 is 2.06 bits per heavy atom. The molecule has 3 nitrogen and oxygen atoms in total. The summed E-state index contributed by atoms with van der Waals surface area (Å²) < 4.78 is 0. The van der Waals surface area contributed by atoms with E-state index in [4.69, 9.17) is 0 Å². The molecule has 16 heavy (non-hydrogen) atoms. The maximum atomic E-state index is 12.0. The first-order valence-electron chi connectivity index (χ1n) is 6.43. The molecule has 0 aromatic heterocycles. The highest BCUT2D eigenvalue weighted by atomic mass is 16.3. The van der Waals surface area contributed by atoms with E-state index >= 15 is 0 Å². The van der Waals surface area contributed by atoms with Crippen LogP contribution in [0.4, 0.5) is 0 Å².